The SMILES string of the molecule is CCN(CC)C(=O)CN(CCN(C)C)CC(=O)O. The first-order valence-corrected chi connectivity index (χ1v) is 6.27. The van der Waals surface area contributed by atoms with Gasteiger partial charge in [-0.25, -0.2) is 0 Å². The summed E-state index contributed by atoms with van der Waals surface area (Å²) in [4.78, 5) is 28.0. The fourth-order valence-electron chi connectivity index (χ4n) is 1.61. The highest BCUT2D eigenvalue weighted by Crippen LogP contribution is 1.95. The summed E-state index contributed by atoms with van der Waals surface area (Å²) >= 11 is 0. The highest BCUT2D eigenvalue weighted by atomic mass is 16.4. The zero-order valence-electron chi connectivity index (χ0n) is 11.8. The molecule has 18 heavy (non-hydrogen) atoms. The lowest BCUT2D eigenvalue weighted by Gasteiger charge is -2.25. The number of amides is 1. The van der Waals surface area contributed by atoms with E-state index in [0.717, 1.165) is 6.54 Å². The number of aliphatic carboxylic acids is 1. The average molecular weight is 259 g/mol. The van der Waals surface area contributed by atoms with Crippen LogP contribution in [0.4, 0.5) is 0 Å². The van der Waals surface area contributed by atoms with Gasteiger partial charge in [-0.1, -0.05) is 0 Å². The molecule has 0 bridgehead atoms. The number of carbonyl (C=O) groups is 2. The summed E-state index contributed by atoms with van der Waals surface area (Å²) in [5.74, 6) is -0.916. The minimum Gasteiger partial charge on any atom is -0.480 e. The Kier molecular flexibility index (Phi) is 8.32. The average Bonchev–Trinajstić information content (AvgIpc) is 2.26. The number of hydrogen-bond acceptors (Lipinski definition) is 4. The molecule has 0 radical (unpaired) electrons. The van der Waals surface area contributed by atoms with E-state index >= 15 is 0 Å². The Bertz CT molecular complexity index is 265. The molecule has 6 heteroatoms. The van der Waals surface area contributed by atoms with Gasteiger partial charge in [0.1, 0.15) is 0 Å². The van der Waals surface area contributed by atoms with Crippen LogP contribution >= 0.6 is 0 Å². The van der Waals surface area contributed by atoms with Crippen LogP contribution in [0.25, 0.3) is 0 Å². The van der Waals surface area contributed by atoms with E-state index in [1.807, 2.05) is 32.8 Å². The van der Waals surface area contributed by atoms with Gasteiger partial charge in [0.15, 0.2) is 0 Å². The summed E-state index contributed by atoms with van der Waals surface area (Å²) < 4.78 is 0. The van der Waals surface area contributed by atoms with Crippen molar-refractivity contribution in [1.82, 2.24) is 14.7 Å². The molecule has 0 atom stereocenters. The van der Waals surface area contributed by atoms with Gasteiger partial charge in [0.2, 0.25) is 5.91 Å². The Labute approximate surface area is 109 Å². The lowest BCUT2D eigenvalue weighted by molar-refractivity contribution is -0.139. The van der Waals surface area contributed by atoms with Crippen LogP contribution in [-0.2, 0) is 9.59 Å². The third-order valence-corrected chi connectivity index (χ3v) is 2.70. The monoisotopic (exact) mass is 259 g/mol. The first-order chi connectivity index (χ1) is 8.40. The number of carboxylic acid groups (broad SMARTS) is 1. The van der Waals surface area contributed by atoms with Crippen LogP contribution in [0.3, 0.4) is 0 Å². The molecule has 0 fully saturated rings. The van der Waals surface area contributed by atoms with Crippen molar-refractivity contribution in [3.63, 3.8) is 0 Å². The summed E-state index contributed by atoms with van der Waals surface area (Å²) in [5.41, 5.74) is 0. The second-order valence-corrected chi connectivity index (χ2v) is 4.47. The molecule has 0 heterocycles. The lowest BCUT2D eigenvalue weighted by atomic mass is 10.3. The molecule has 0 unspecified atom stereocenters. The van der Waals surface area contributed by atoms with E-state index in [1.54, 1.807) is 9.80 Å². The maximum absolute atomic E-state index is 11.9. The van der Waals surface area contributed by atoms with Crippen molar-refractivity contribution in [2.75, 3.05) is 53.4 Å². The Morgan fingerprint density at radius 3 is 1.94 bits per heavy atom. The van der Waals surface area contributed by atoms with E-state index in [9.17, 15) is 9.59 Å². The highest BCUT2D eigenvalue weighted by molar-refractivity contribution is 5.79. The molecule has 0 aromatic heterocycles. The summed E-state index contributed by atoms with van der Waals surface area (Å²) in [7, 11) is 3.84. The second-order valence-electron chi connectivity index (χ2n) is 4.47. The molecule has 0 saturated carbocycles. The molecule has 6 nitrogen and oxygen atoms in total. The van der Waals surface area contributed by atoms with Crippen LogP contribution < -0.4 is 0 Å². The quantitative estimate of drug-likeness (QED) is 0.621. The Balaban J connectivity index is 4.37. The van der Waals surface area contributed by atoms with Crippen LogP contribution in [-0.4, -0.2) is 85.0 Å². The Hall–Kier alpha value is -1.14. The summed E-state index contributed by atoms with van der Waals surface area (Å²) in [6.45, 7) is 6.53. The van der Waals surface area contributed by atoms with Gasteiger partial charge in [-0.15, -0.1) is 0 Å². The van der Waals surface area contributed by atoms with Gasteiger partial charge in [-0.3, -0.25) is 14.5 Å². The van der Waals surface area contributed by atoms with Crippen LogP contribution in [0, 0.1) is 0 Å². The van der Waals surface area contributed by atoms with Gasteiger partial charge in [-0.2, -0.15) is 0 Å². The summed E-state index contributed by atoms with van der Waals surface area (Å²) in [6, 6.07) is 0. The maximum atomic E-state index is 11.9. The fourth-order valence-corrected chi connectivity index (χ4v) is 1.61. The normalized spacial score (nSPS) is 11.0. The molecule has 0 aliphatic rings. The molecular formula is C12H25N3O3. The van der Waals surface area contributed by atoms with E-state index in [0.29, 0.717) is 19.6 Å². The summed E-state index contributed by atoms with van der Waals surface area (Å²) in [6.07, 6.45) is 0. The summed E-state index contributed by atoms with van der Waals surface area (Å²) in [5, 5.41) is 8.83. The first-order valence-electron chi connectivity index (χ1n) is 6.27. The number of hydrogen-bond donors (Lipinski definition) is 1. The van der Waals surface area contributed by atoms with E-state index < -0.39 is 5.97 Å². The van der Waals surface area contributed by atoms with Crippen molar-refractivity contribution in [3.8, 4) is 0 Å². The maximum Gasteiger partial charge on any atom is 0.317 e. The molecule has 1 N–H and O–H groups in total. The fraction of sp³-hybridized carbons (Fsp3) is 0.833. The minimum absolute atomic E-state index is 0.0139. The Morgan fingerprint density at radius 1 is 1.00 bits per heavy atom. The standard InChI is InChI=1S/C12H25N3O3/c1-5-15(6-2)11(16)9-14(10-12(17)18)8-7-13(3)4/h5-10H2,1-4H3,(H,17,18). The largest absolute Gasteiger partial charge is 0.480 e. The van der Waals surface area contributed by atoms with Gasteiger partial charge in [0.25, 0.3) is 0 Å². The van der Waals surface area contributed by atoms with Crippen molar-refractivity contribution < 1.29 is 14.7 Å². The molecule has 0 spiro atoms. The molecular weight excluding hydrogens is 234 g/mol. The Morgan fingerprint density at radius 2 is 1.56 bits per heavy atom. The third-order valence-electron chi connectivity index (χ3n) is 2.70. The van der Waals surface area contributed by atoms with Gasteiger partial charge in [0, 0.05) is 26.2 Å². The zero-order valence-corrected chi connectivity index (χ0v) is 11.8. The van der Waals surface area contributed by atoms with E-state index in [1.165, 1.54) is 0 Å². The number of carboxylic acids is 1. The van der Waals surface area contributed by atoms with Crippen molar-refractivity contribution in [2.24, 2.45) is 0 Å². The van der Waals surface area contributed by atoms with Crippen LogP contribution in [0.5, 0.6) is 0 Å². The zero-order chi connectivity index (χ0) is 14.1. The molecule has 0 aliphatic carbocycles. The number of carbonyl (C=O) groups excluding carboxylic acids is 1. The van der Waals surface area contributed by atoms with Crippen molar-refractivity contribution in [1.29, 1.82) is 0 Å². The van der Waals surface area contributed by atoms with Crippen LogP contribution in [0.2, 0.25) is 0 Å². The van der Waals surface area contributed by atoms with E-state index in [2.05, 4.69) is 0 Å². The van der Waals surface area contributed by atoms with Crippen molar-refractivity contribution in [2.45, 2.75) is 13.8 Å². The molecule has 1 amide bonds. The van der Waals surface area contributed by atoms with Crippen molar-refractivity contribution >= 4 is 11.9 Å². The molecule has 0 aromatic rings. The third kappa shape index (κ3) is 7.24. The van der Waals surface area contributed by atoms with Gasteiger partial charge in [-0.05, 0) is 27.9 Å². The van der Waals surface area contributed by atoms with Crippen molar-refractivity contribution in [3.05, 3.63) is 0 Å². The van der Waals surface area contributed by atoms with E-state index in [-0.39, 0.29) is 19.0 Å². The number of nitrogens with zero attached hydrogens (tertiary/aromatic N) is 3. The topological polar surface area (TPSA) is 64.1 Å². The van der Waals surface area contributed by atoms with Gasteiger partial charge < -0.3 is 14.9 Å². The minimum atomic E-state index is -0.902. The van der Waals surface area contributed by atoms with Gasteiger partial charge >= 0.3 is 5.97 Å². The molecule has 0 aliphatic heterocycles. The van der Waals surface area contributed by atoms with Gasteiger partial charge in [0.05, 0.1) is 13.1 Å². The molecule has 106 valence electrons. The van der Waals surface area contributed by atoms with Crippen LogP contribution in [0.1, 0.15) is 13.8 Å². The lowest BCUT2D eigenvalue weighted by Crippen LogP contribution is -2.44. The first kappa shape index (κ1) is 16.9. The predicted molar refractivity (Wildman–Crippen MR) is 70.6 cm³/mol. The smallest absolute Gasteiger partial charge is 0.317 e. The van der Waals surface area contributed by atoms with Crippen LogP contribution in [0.15, 0.2) is 0 Å². The molecule has 0 rings (SSSR count). The number of rotatable bonds is 9. The van der Waals surface area contributed by atoms with E-state index in [4.69, 9.17) is 5.11 Å². The molecule has 0 saturated heterocycles. The second kappa shape index (κ2) is 8.88. The predicted octanol–water partition coefficient (Wildman–Crippen LogP) is -0.197. The highest BCUT2D eigenvalue weighted by Gasteiger charge is 2.17. The number of likely N-dealkylation sites (N-methyl/N-ethyl adjacent to an activating group) is 2. The molecule has 0 aromatic carbocycles.